The number of benzene rings is 2. The second-order valence-electron chi connectivity index (χ2n) is 9.49. The summed E-state index contributed by atoms with van der Waals surface area (Å²) in [4.78, 5) is 21.6. The van der Waals surface area contributed by atoms with Gasteiger partial charge in [0.05, 0.1) is 18.9 Å². The molecule has 3 aliphatic rings. The van der Waals surface area contributed by atoms with Crippen LogP contribution in [-0.2, 0) is 11.3 Å². The molecule has 1 fully saturated rings. The van der Waals surface area contributed by atoms with Crippen molar-refractivity contribution in [2.24, 2.45) is 5.92 Å². The predicted octanol–water partition coefficient (Wildman–Crippen LogP) is 5.08. The molecule has 1 aliphatic carbocycles. The lowest BCUT2D eigenvalue weighted by Crippen LogP contribution is -2.24. The van der Waals surface area contributed by atoms with Gasteiger partial charge in [-0.25, -0.2) is 9.97 Å². The van der Waals surface area contributed by atoms with E-state index in [-0.39, 0.29) is 5.91 Å². The molecule has 6 bridgehead atoms. The molecule has 1 aromatic heterocycles. The zero-order chi connectivity index (χ0) is 24.7. The molecule has 188 valence electrons. The standard InChI is InChI=1S/C28H33N5O3/c29-24-16-20-7-9-23(24)25-11-13-31-28(33-25)32-22-8-10-26(36-17-19-5-1-2-6-19)21(15-22)18-35-14-4-3-12-30-27(20)34/h7-11,13,15-16,19H,1-6,12,14,17-18,29H2,(H,30,34)(H,31,32,33). The van der Waals surface area contributed by atoms with Gasteiger partial charge in [-0.1, -0.05) is 12.8 Å². The monoisotopic (exact) mass is 487 g/mol. The molecular weight excluding hydrogens is 454 g/mol. The molecule has 3 heterocycles. The number of carbonyl (C=O) groups excluding carboxylic acids is 1. The van der Waals surface area contributed by atoms with Crippen LogP contribution in [0.5, 0.6) is 5.75 Å². The van der Waals surface area contributed by atoms with Gasteiger partial charge < -0.3 is 25.8 Å². The van der Waals surface area contributed by atoms with Gasteiger partial charge in [0.15, 0.2) is 0 Å². The Bertz CT molecular complexity index is 1210. The Hall–Kier alpha value is -3.65. The van der Waals surface area contributed by atoms with E-state index in [2.05, 4.69) is 20.6 Å². The number of nitrogen functional groups attached to an aromatic ring is 1. The maximum absolute atomic E-state index is 12.5. The number of hydrogen-bond acceptors (Lipinski definition) is 7. The van der Waals surface area contributed by atoms with Crippen LogP contribution in [0.15, 0.2) is 48.7 Å². The summed E-state index contributed by atoms with van der Waals surface area (Å²) in [6, 6.07) is 13.1. The molecule has 0 spiro atoms. The maximum Gasteiger partial charge on any atom is 0.251 e. The minimum atomic E-state index is -0.141. The average Bonchev–Trinajstić information content (AvgIpc) is 3.41. The lowest BCUT2D eigenvalue weighted by molar-refractivity contribution is 0.0945. The highest BCUT2D eigenvalue weighted by Crippen LogP contribution is 2.30. The molecule has 0 atom stereocenters. The number of nitrogens with zero attached hydrogens (tertiary/aromatic N) is 2. The third-order valence-electron chi connectivity index (χ3n) is 6.77. The van der Waals surface area contributed by atoms with Crippen LogP contribution in [0, 0.1) is 5.92 Å². The first-order chi connectivity index (χ1) is 17.7. The highest BCUT2D eigenvalue weighted by Gasteiger charge is 2.17. The first-order valence-electron chi connectivity index (χ1n) is 12.8. The fraction of sp³-hybridized carbons (Fsp3) is 0.393. The molecule has 2 aliphatic heterocycles. The van der Waals surface area contributed by atoms with Crippen molar-refractivity contribution in [1.82, 2.24) is 15.3 Å². The number of ether oxygens (including phenoxy) is 2. The molecule has 1 saturated carbocycles. The summed E-state index contributed by atoms with van der Waals surface area (Å²) < 4.78 is 12.2. The topological polar surface area (TPSA) is 111 Å². The minimum absolute atomic E-state index is 0.141. The number of amides is 1. The minimum Gasteiger partial charge on any atom is -0.493 e. The second kappa shape index (κ2) is 11.4. The summed E-state index contributed by atoms with van der Waals surface area (Å²) in [7, 11) is 0. The van der Waals surface area contributed by atoms with E-state index in [1.54, 1.807) is 24.4 Å². The van der Waals surface area contributed by atoms with Crippen LogP contribution < -0.4 is 21.1 Å². The van der Waals surface area contributed by atoms with Gasteiger partial charge in [-0.15, -0.1) is 0 Å². The van der Waals surface area contributed by atoms with E-state index in [0.29, 0.717) is 48.6 Å². The van der Waals surface area contributed by atoms with Crippen LogP contribution in [0.3, 0.4) is 0 Å². The Morgan fingerprint density at radius 3 is 2.81 bits per heavy atom. The Morgan fingerprint density at radius 1 is 1.06 bits per heavy atom. The Kier molecular flexibility index (Phi) is 7.61. The number of nitrogens with one attached hydrogen (secondary N) is 2. The van der Waals surface area contributed by atoms with Gasteiger partial charge in [0, 0.05) is 47.4 Å². The van der Waals surface area contributed by atoms with Crippen LogP contribution in [0.4, 0.5) is 17.3 Å². The second-order valence-corrected chi connectivity index (χ2v) is 9.49. The normalized spacial score (nSPS) is 16.9. The van der Waals surface area contributed by atoms with E-state index in [0.717, 1.165) is 42.0 Å². The molecule has 4 N–H and O–H groups in total. The molecule has 1 amide bonds. The molecule has 36 heavy (non-hydrogen) atoms. The fourth-order valence-corrected chi connectivity index (χ4v) is 4.75. The summed E-state index contributed by atoms with van der Waals surface area (Å²) in [5, 5.41) is 6.26. The van der Waals surface area contributed by atoms with Crippen molar-refractivity contribution in [3.05, 3.63) is 59.8 Å². The SMILES string of the molecule is Nc1cc2ccc1-c1ccnc(n1)Nc1ccc(OCC3CCCC3)c(c1)COCCCCNC2=O. The predicted molar refractivity (Wildman–Crippen MR) is 140 cm³/mol. The summed E-state index contributed by atoms with van der Waals surface area (Å²) in [5.74, 6) is 1.80. The Labute approximate surface area is 211 Å². The van der Waals surface area contributed by atoms with Crippen molar-refractivity contribution >= 4 is 23.2 Å². The summed E-state index contributed by atoms with van der Waals surface area (Å²) in [6.45, 7) is 2.37. The zero-order valence-corrected chi connectivity index (χ0v) is 20.5. The van der Waals surface area contributed by atoms with Gasteiger partial charge >= 0.3 is 0 Å². The van der Waals surface area contributed by atoms with Gasteiger partial charge in [0.2, 0.25) is 5.95 Å². The molecule has 8 heteroatoms. The van der Waals surface area contributed by atoms with Gasteiger partial charge in [-0.3, -0.25) is 4.79 Å². The van der Waals surface area contributed by atoms with E-state index >= 15 is 0 Å². The van der Waals surface area contributed by atoms with Crippen molar-refractivity contribution in [1.29, 1.82) is 0 Å². The van der Waals surface area contributed by atoms with Crippen molar-refractivity contribution in [3.8, 4) is 17.0 Å². The van der Waals surface area contributed by atoms with Gasteiger partial charge in [0.25, 0.3) is 5.91 Å². The van der Waals surface area contributed by atoms with E-state index in [9.17, 15) is 4.79 Å². The highest BCUT2D eigenvalue weighted by atomic mass is 16.5. The molecule has 8 nitrogen and oxygen atoms in total. The number of fused-ring (bicyclic) bond motifs is 9. The van der Waals surface area contributed by atoms with E-state index in [1.165, 1.54) is 25.7 Å². The molecule has 3 aromatic rings. The lowest BCUT2D eigenvalue weighted by atomic mass is 10.1. The zero-order valence-electron chi connectivity index (χ0n) is 20.5. The third kappa shape index (κ3) is 5.94. The number of nitrogens with two attached hydrogens (primary N) is 1. The summed E-state index contributed by atoms with van der Waals surface area (Å²) in [5.41, 5.74) is 10.6. The summed E-state index contributed by atoms with van der Waals surface area (Å²) in [6.07, 6.45) is 8.43. The van der Waals surface area contributed by atoms with Crippen LogP contribution in [0.1, 0.15) is 54.4 Å². The van der Waals surface area contributed by atoms with Crippen LogP contribution in [0.2, 0.25) is 0 Å². The quantitative estimate of drug-likeness (QED) is 0.442. The van der Waals surface area contributed by atoms with Crippen LogP contribution in [0.25, 0.3) is 11.3 Å². The van der Waals surface area contributed by atoms with Crippen LogP contribution >= 0.6 is 0 Å². The number of anilines is 3. The largest absolute Gasteiger partial charge is 0.493 e. The Balaban J connectivity index is 1.41. The molecule has 0 unspecified atom stereocenters. The van der Waals surface area contributed by atoms with Gasteiger partial charge in [-0.2, -0.15) is 0 Å². The van der Waals surface area contributed by atoms with Crippen molar-refractivity contribution in [2.75, 3.05) is 30.8 Å². The Morgan fingerprint density at radius 2 is 1.94 bits per heavy atom. The molecule has 6 rings (SSSR count). The molecule has 2 aromatic carbocycles. The number of hydrogen-bond donors (Lipinski definition) is 3. The van der Waals surface area contributed by atoms with E-state index in [4.69, 9.17) is 15.2 Å². The highest BCUT2D eigenvalue weighted by molar-refractivity contribution is 5.96. The summed E-state index contributed by atoms with van der Waals surface area (Å²) >= 11 is 0. The van der Waals surface area contributed by atoms with E-state index < -0.39 is 0 Å². The molecule has 0 radical (unpaired) electrons. The van der Waals surface area contributed by atoms with Gasteiger partial charge in [-0.05, 0) is 74.1 Å². The lowest BCUT2D eigenvalue weighted by Gasteiger charge is -2.16. The first kappa shape index (κ1) is 24.1. The average molecular weight is 488 g/mol. The number of rotatable bonds is 3. The third-order valence-corrected chi connectivity index (χ3v) is 6.77. The molecular formula is C28H33N5O3. The fourth-order valence-electron chi connectivity index (χ4n) is 4.75. The maximum atomic E-state index is 12.5. The van der Waals surface area contributed by atoms with Crippen molar-refractivity contribution in [2.45, 2.75) is 45.1 Å². The van der Waals surface area contributed by atoms with E-state index in [1.807, 2.05) is 24.3 Å². The number of aromatic nitrogens is 2. The van der Waals surface area contributed by atoms with Gasteiger partial charge in [0.1, 0.15) is 5.75 Å². The van der Waals surface area contributed by atoms with Crippen LogP contribution in [-0.4, -0.2) is 35.6 Å². The van der Waals surface area contributed by atoms with Crippen molar-refractivity contribution < 1.29 is 14.3 Å². The first-order valence-corrected chi connectivity index (χ1v) is 12.8. The smallest absolute Gasteiger partial charge is 0.251 e. The molecule has 0 saturated heterocycles. The van der Waals surface area contributed by atoms with Crippen molar-refractivity contribution in [3.63, 3.8) is 0 Å². The number of carbonyl (C=O) groups is 1.